The summed E-state index contributed by atoms with van der Waals surface area (Å²) in [6.45, 7) is 1.57. The van der Waals surface area contributed by atoms with Gasteiger partial charge >= 0.3 is 0 Å². The Bertz CT molecular complexity index is 537. The fourth-order valence-electron chi connectivity index (χ4n) is 1.86. The van der Waals surface area contributed by atoms with Gasteiger partial charge in [-0.1, -0.05) is 35.9 Å². The number of halogens is 1. The van der Waals surface area contributed by atoms with Crippen LogP contribution in [-0.4, -0.2) is 32.1 Å². The van der Waals surface area contributed by atoms with Crippen LogP contribution in [0.3, 0.4) is 0 Å². The third kappa shape index (κ3) is 4.87. The summed E-state index contributed by atoms with van der Waals surface area (Å²) in [6.07, 6.45) is 0.871. The third-order valence-electron chi connectivity index (χ3n) is 2.96. The van der Waals surface area contributed by atoms with Gasteiger partial charge in [-0.2, -0.15) is 0 Å². The molecule has 2 rings (SSSR count). The molecule has 20 heavy (non-hydrogen) atoms. The SMILES string of the molecule is CN(C)CCOc1[c]ccc(Cc2ccc(Cl)cc2)c1. The van der Waals surface area contributed by atoms with Crippen LogP contribution in [0.25, 0.3) is 0 Å². The Balaban J connectivity index is 1.96. The molecular weight excluding hydrogens is 270 g/mol. The molecule has 0 bridgehead atoms. The van der Waals surface area contributed by atoms with Gasteiger partial charge in [0, 0.05) is 17.6 Å². The number of ether oxygens (including phenoxy) is 1. The van der Waals surface area contributed by atoms with Gasteiger partial charge in [-0.15, -0.1) is 0 Å². The maximum atomic E-state index is 5.89. The average molecular weight is 289 g/mol. The first-order valence-electron chi connectivity index (χ1n) is 6.66. The first kappa shape index (κ1) is 14.9. The first-order chi connectivity index (χ1) is 9.63. The molecule has 1 radical (unpaired) electrons. The molecule has 0 saturated carbocycles. The van der Waals surface area contributed by atoms with E-state index in [0.29, 0.717) is 6.61 Å². The summed E-state index contributed by atoms with van der Waals surface area (Å²) < 4.78 is 5.70. The summed E-state index contributed by atoms with van der Waals surface area (Å²) in [5.74, 6) is 0.804. The minimum atomic E-state index is 0.675. The van der Waals surface area contributed by atoms with E-state index in [2.05, 4.69) is 17.0 Å². The molecule has 0 unspecified atom stereocenters. The van der Waals surface area contributed by atoms with Gasteiger partial charge in [0.1, 0.15) is 12.4 Å². The van der Waals surface area contributed by atoms with Crippen molar-refractivity contribution in [1.82, 2.24) is 4.90 Å². The van der Waals surface area contributed by atoms with Crippen molar-refractivity contribution in [3.8, 4) is 5.75 Å². The minimum absolute atomic E-state index is 0.675. The molecule has 2 aromatic carbocycles. The standard InChI is InChI=1S/C17H19ClNO/c1-19(2)10-11-20-17-5-3-4-15(13-17)12-14-6-8-16(18)9-7-14/h3-4,6-9,13H,10-12H2,1-2H3. The fraction of sp³-hybridized carbons (Fsp3) is 0.294. The molecule has 0 amide bonds. The maximum Gasteiger partial charge on any atom is 0.127 e. The Kier molecular flexibility index (Phi) is 5.45. The predicted octanol–water partition coefficient (Wildman–Crippen LogP) is 3.67. The molecule has 0 saturated heterocycles. The van der Waals surface area contributed by atoms with Gasteiger partial charge in [0.25, 0.3) is 0 Å². The number of rotatable bonds is 6. The normalized spacial score (nSPS) is 10.8. The van der Waals surface area contributed by atoms with Crippen LogP contribution in [-0.2, 0) is 6.42 Å². The molecule has 0 aliphatic carbocycles. The lowest BCUT2D eigenvalue weighted by atomic mass is 10.1. The predicted molar refractivity (Wildman–Crippen MR) is 83.6 cm³/mol. The number of hydrogen-bond acceptors (Lipinski definition) is 2. The van der Waals surface area contributed by atoms with Crippen molar-refractivity contribution < 1.29 is 4.74 Å². The molecule has 0 fully saturated rings. The molecular formula is C17H19ClNO. The summed E-state index contributed by atoms with van der Waals surface area (Å²) in [4.78, 5) is 2.09. The molecule has 0 aromatic heterocycles. The van der Waals surface area contributed by atoms with Crippen molar-refractivity contribution in [1.29, 1.82) is 0 Å². The molecule has 0 aliphatic heterocycles. The van der Waals surface area contributed by atoms with Gasteiger partial charge in [0.2, 0.25) is 0 Å². The van der Waals surface area contributed by atoms with E-state index in [-0.39, 0.29) is 0 Å². The van der Waals surface area contributed by atoms with E-state index < -0.39 is 0 Å². The molecule has 0 N–H and O–H groups in total. The van der Waals surface area contributed by atoms with Gasteiger partial charge in [0.15, 0.2) is 0 Å². The zero-order valence-electron chi connectivity index (χ0n) is 11.9. The van der Waals surface area contributed by atoms with Crippen molar-refractivity contribution in [2.75, 3.05) is 27.2 Å². The van der Waals surface area contributed by atoms with Gasteiger partial charge in [0.05, 0.1) is 0 Å². The highest BCUT2D eigenvalue weighted by atomic mass is 35.5. The quantitative estimate of drug-likeness (QED) is 0.804. The van der Waals surface area contributed by atoms with Crippen molar-refractivity contribution >= 4 is 11.6 Å². The van der Waals surface area contributed by atoms with Crippen LogP contribution in [0.1, 0.15) is 11.1 Å². The molecule has 0 heterocycles. The van der Waals surface area contributed by atoms with Crippen molar-refractivity contribution in [3.05, 3.63) is 64.7 Å². The largest absolute Gasteiger partial charge is 0.492 e. The van der Waals surface area contributed by atoms with Gasteiger partial charge in [-0.3, -0.25) is 0 Å². The molecule has 0 spiro atoms. The Morgan fingerprint density at radius 2 is 1.85 bits per heavy atom. The zero-order chi connectivity index (χ0) is 14.4. The number of benzene rings is 2. The van der Waals surface area contributed by atoms with Crippen LogP contribution < -0.4 is 4.74 Å². The van der Waals surface area contributed by atoms with E-state index in [1.54, 1.807) is 0 Å². The second kappa shape index (κ2) is 7.32. The fourth-order valence-corrected chi connectivity index (χ4v) is 1.98. The number of hydrogen-bond donors (Lipinski definition) is 0. The lowest BCUT2D eigenvalue weighted by molar-refractivity contribution is 0.261. The molecule has 3 heteroatoms. The Morgan fingerprint density at radius 3 is 2.55 bits per heavy atom. The molecule has 0 aliphatic rings. The second-order valence-corrected chi connectivity index (χ2v) is 5.45. The summed E-state index contributed by atoms with van der Waals surface area (Å²) >= 11 is 5.89. The van der Waals surface area contributed by atoms with E-state index in [9.17, 15) is 0 Å². The minimum Gasteiger partial charge on any atom is -0.492 e. The van der Waals surface area contributed by atoms with E-state index in [1.165, 1.54) is 11.1 Å². The maximum absolute atomic E-state index is 5.89. The van der Waals surface area contributed by atoms with Crippen LogP contribution in [0.2, 0.25) is 5.02 Å². The third-order valence-corrected chi connectivity index (χ3v) is 3.21. The summed E-state index contributed by atoms with van der Waals surface area (Å²) in [5, 5.41) is 0.767. The molecule has 2 aromatic rings. The van der Waals surface area contributed by atoms with Crippen LogP contribution in [0, 0.1) is 6.07 Å². The monoisotopic (exact) mass is 288 g/mol. The second-order valence-electron chi connectivity index (χ2n) is 5.02. The molecule has 2 nitrogen and oxygen atoms in total. The smallest absolute Gasteiger partial charge is 0.127 e. The van der Waals surface area contributed by atoms with E-state index >= 15 is 0 Å². The van der Waals surface area contributed by atoms with Crippen LogP contribution >= 0.6 is 11.6 Å². The van der Waals surface area contributed by atoms with E-state index in [0.717, 1.165) is 23.7 Å². The number of nitrogens with zero attached hydrogens (tertiary/aromatic N) is 1. The van der Waals surface area contributed by atoms with Gasteiger partial charge < -0.3 is 9.64 Å². The Hall–Kier alpha value is -1.51. The van der Waals surface area contributed by atoms with Crippen molar-refractivity contribution in [2.45, 2.75) is 6.42 Å². The number of likely N-dealkylation sites (N-methyl/N-ethyl adjacent to an activating group) is 1. The highest BCUT2D eigenvalue weighted by molar-refractivity contribution is 6.30. The lowest BCUT2D eigenvalue weighted by Gasteiger charge is -2.11. The first-order valence-corrected chi connectivity index (χ1v) is 7.04. The van der Waals surface area contributed by atoms with Crippen LogP contribution in [0.4, 0.5) is 0 Å². The van der Waals surface area contributed by atoms with Crippen LogP contribution in [0.5, 0.6) is 5.75 Å². The average Bonchev–Trinajstić information content (AvgIpc) is 2.41. The highest BCUT2D eigenvalue weighted by Gasteiger charge is 2.00. The summed E-state index contributed by atoms with van der Waals surface area (Å²) in [5.41, 5.74) is 2.45. The van der Waals surface area contributed by atoms with Crippen LogP contribution in [0.15, 0.2) is 42.5 Å². The van der Waals surface area contributed by atoms with Crippen molar-refractivity contribution in [3.63, 3.8) is 0 Å². The van der Waals surface area contributed by atoms with E-state index in [1.807, 2.05) is 50.5 Å². The van der Waals surface area contributed by atoms with E-state index in [4.69, 9.17) is 16.3 Å². The topological polar surface area (TPSA) is 12.5 Å². The zero-order valence-corrected chi connectivity index (χ0v) is 12.7. The summed E-state index contributed by atoms with van der Waals surface area (Å²) in [7, 11) is 4.06. The summed E-state index contributed by atoms with van der Waals surface area (Å²) in [6, 6.07) is 17.1. The highest BCUT2D eigenvalue weighted by Crippen LogP contribution is 2.17. The molecule has 105 valence electrons. The van der Waals surface area contributed by atoms with Gasteiger partial charge in [-0.05, 0) is 49.8 Å². The van der Waals surface area contributed by atoms with Crippen molar-refractivity contribution in [2.24, 2.45) is 0 Å². The Morgan fingerprint density at radius 1 is 1.10 bits per heavy atom. The van der Waals surface area contributed by atoms with Gasteiger partial charge in [-0.25, -0.2) is 0 Å². The molecule has 0 atom stereocenters. The Labute approximate surface area is 125 Å². The lowest BCUT2D eigenvalue weighted by Crippen LogP contribution is -2.19.